The minimum absolute atomic E-state index is 0.0507. The van der Waals surface area contributed by atoms with Gasteiger partial charge in [-0.15, -0.1) is 0 Å². The van der Waals surface area contributed by atoms with Crippen LogP contribution in [-0.4, -0.2) is 21.4 Å². The third-order valence-corrected chi connectivity index (χ3v) is 3.51. The topological polar surface area (TPSA) is 52.0 Å². The van der Waals surface area contributed by atoms with Crippen molar-refractivity contribution in [3.63, 3.8) is 0 Å². The molecular formula is C14H16F2N4O. The highest BCUT2D eigenvalue weighted by Gasteiger charge is 2.28. The van der Waals surface area contributed by atoms with Gasteiger partial charge in [0.2, 0.25) is 0 Å². The Morgan fingerprint density at radius 3 is 2.81 bits per heavy atom. The predicted molar refractivity (Wildman–Crippen MR) is 73.4 cm³/mol. The maximum atomic E-state index is 12.1. The highest BCUT2D eigenvalue weighted by molar-refractivity contribution is 5.39. The molecule has 0 saturated heterocycles. The first-order chi connectivity index (χ1) is 10.1. The first-order valence-corrected chi connectivity index (χ1v) is 6.79. The molecule has 7 heteroatoms. The molecule has 1 fully saturated rings. The van der Waals surface area contributed by atoms with E-state index in [1.165, 1.54) is 30.7 Å². The molecule has 1 saturated carbocycles. The molecule has 112 valence electrons. The standard InChI is InChI=1S/C14H16F2N4O/c1-20-12(11(7-19-20)9-2-3-9)8-18-13-5-4-10(6-17-13)21-14(15)16/h4-7,9,14H,2-3,8H2,1H3,(H,17,18). The number of nitrogens with one attached hydrogen (secondary N) is 1. The summed E-state index contributed by atoms with van der Waals surface area (Å²) < 4.78 is 30.2. The van der Waals surface area contributed by atoms with E-state index in [-0.39, 0.29) is 5.75 Å². The van der Waals surface area contributed by atoms with Gasteiger partial charge in [0.15, 0.2) is 0 Å². The van der Waals surface area contributed by atoms with Gasteiger partial charge in [0.05, 0.1) is 24.6 Å². The molecule has 0 spiro atoms. The van der Waals surface area contributed by atoms with Crippen molar-refractivity contribution < 1.29 is 13.5 Å². The summed E-state index contributed by atoms with van der Waals surface area (Å²) in [4.78, 5) is 4.05. The van der Waals surface area contributed by atoms with Crippen molar-refractivity contribution in [3.05, 3.63) is 35.8 Å². The van der Waals surface area contributed by atoms with Gasteiger partial charge in [0.1, 0.15) is 11.6 Å². The van der Waals surface area contributed by atoms with Crippen LogP contribution in [0.1, 0.15) is 30.0 Å². The summed E-state index contributed by atoms with van der Waals surface area (Å²) in [5, 5.41) is 7.47. The van der Waals surface area contributed by atoms with E-state index >= 15 is 0 Å². The Balaban J connectivity index is 1.63. The molecule has 3 rings (SSSR count). The number of hydrogen-bond acceptors (Lipinski definition) is 4. The number of anilines is 1. The monoisotopic (exact) mass is 294 g/mol. The molecule has 0 amide bonds. The van der Waals surface area contributed by atoms with E-state index in [0.29, 0.717) is 18.3 Å². The molecule has 5 nitrogen and oxygen atoms in total. The molecule has 0 atom stereocenters. The fourth-order valence-corrected chi connectivity index (χ4v) is 2.26. The third-order valence-electron chi connectivity index (χ3n) is 3.51. The molecular weight excluding hydrogens is 278 g/mol. The normalized spacial score (nSPS) is 14.5. The van der Waals surface area contributed by atoms with E-state index in [0.717, 1.165) is 5.69 Å². The van der Waals surface area contributed by atoms with E-state index in [1.807, 2.05) is 17.9 Å². The van der Waals surface area contributed by atoms with Crippen molar-refractivity contribution in [2.45, 2.75) is 31.9 Å². The number of aryl methyl sites for hydroxylation is 1. The number of nitrogens with zero attached hydrogens (tertiary/aromatic N) is 3. The minimum atomic E-state index is -2.83. The number of alkyl halides is 2. The zero-order valence-corrected chi connectivity index (χ0v) is 11.6. The van der Waals surface area contributed by atoms with Crippen LogP contribution in [0.2, 0.25) is 0 Å². The molecule has 21 heavy (non-hydrogen) atoms. The smallest absolute Gasteiger partial charge is 0.387 e. The lowest BCUT2D eigenvalue weighted by Crippen LogP contribution is -2.08. The Bertz CT molecular complexity index is 608. The van der Waals surface area contributed by atoms with Gasteiger partial charge in [-0.25, -0.2) is 4.98 Å². The third kappa shape index (κ3) is 3.29. The SMILES string of the molecule is Cn1ncc(C2CC2)c1CNc1ccc(OC(F)F)cn1. The van der Waals surface area contributed by atoms with E-state index in [4.69, 9.17) is 0 Å². The molecule has 0 aromatic carbocycles. The summed E-state index contributed by atoms with van der Waals surface area (Å²) in [7, 11) is 1.91. The summed E-state index contributed by atoms with van der Waals surface area (Å²) >= 11 is 0. The summed E-state index contributed by atoms with van der Waals surface area (Å²) in [6.45, 7) is -2.23. The van der Waals surface area contributed by atoms with Crippen molar-refractivity contribution in [1.82, 2.24) is 14.8 Å². The minimum Gasteiger partial charge on any atom is -0.433 e. The molecule has 1 N–H and O–H groups in total. The Morgan fingerprint density at radius 1 is 1.38 bits per heavy atom. The summed E-state index contributed by atoms with van der Waals surface area (Å²) in [6.07, 6.45) is 5.63. The number of ether oxygens (including phenoxy) is 1. The van der Waals surface area contributed by atoms with Gasteiger partial charge in [0, 0.05) is 7.05 Å². The second-order valence-corrected chi connectivity index (χ2v) is 5.06. The van der Waals surface area contributed by atoms with Gasteiger partial charge in [-0.2, -0.15) is 13.9 Å². The van der Waals surface area contributed by atoms with Gasteiger partial charge in [-0.05, 0) is 36.5 Å². The van der Waals surface area contributed by atoms with Crippen LogP contribution >= 0.6 is 0 Å². The van der Waals surface area contributed by atoms with E-state index in [2.05, 4.69) is 20.1 Å². The number of aromatic nitrogens is 3. The molecule has 2 aromatic rings. The van der Waals surface area contributed by atoms with Crippen molar-refractivity contribution in [1.29, 1.82) is 0 Å². The van der Waals surface area contributed by atoms with Crippen LogP contribution in [0.15, 0.2) is 24.5 Å². The zero-order valence-electron chi connectivity index (χ0n) is 11.6. The lowest BCUT2D eigenvalue weighted by atomic mass is 10.1. The Labute approximate surface area is 120 Å². The van der Waals surface area contributed by atoms with Crippen LogP contribution in [0, 0.1) is 0 Å². The fraction of sp³-hybridized carbons (Fsp3) is 0.429. The van der Waals surface area contributed by atoms with Crippen LogP contribution in [-0.2, 0) is 13.6 Å². The number of pyridine rings is 1. The lowest BCUT2D eigenvalue weighted by Gasteiger charge is -2.09. The van der Waals surface area contributed by atoms with Gasteiger partial charge in [-0.1, -0.05) is 0 Å². The van der Waals surface area contributed by atoms with Crippen molar-refractivity contribution in [3.8, 4) is 5.75 Å². The quantitative estimate of drug-likeness (QED) is 0.890. The maximum Gasteiger partial charge on any atom is 0.387 e. The van der Waals surface area contributed by atoms with Gasteiger partial charge < -0.3 is 10.1 Å². The van der Waals surface area contributed by atoms with Gasteiger partial charge in [0.25, 0.3) is 0 Å². The average molecular weight is 294 g/mol. The summed E-state index contributed by atoms with van der Waals surface area (Å²) in [6, 6.07) is 3.08. The van der Waals surface area contributed by atoms with Crippen molar-refractivity contribution >= 4 is 5.82 Å². The van der Waals surface area contributed by atoms with Crippen LogP contribution in [0.5, 0.6) is 5.75 Å². The van der Waals surface area contributed by atoms with Crippen LogP contribution in [0.25, 0.3) is 0 Å². The first kappa shape index (κ1) is 13.8. The Kier molecular flexibility index (Phi) is 3.72. The number of hydrogen-bond donors (Lipinski definition) is 1. The molecule has 1 aliphatic carbocycles. The van der Waals surface area contributed by atoms with Gasteiger partial charge in [-0.3, -0.25) is 4.68 Å². The Morgan fingerprint density at radius 2 is 2.19 bits per heavy atom. The van der Waals surface area contributed by atoms with E-state index in [1.54, 1.807) is 6.07 Å². The van der Waals surface area contributed by atoms with Crippen LogP contribution < -0.4 is 10.1 Å². The molecule has 0 aliphatic heterocycles. The molecule has 0 bridgehead atoms. The lowest BCUT2D eigenvalue weighted by molar-refractivity contribution is -0.0500. The maximum absolute atomic E-state index is 12.1. The second kappa shape index (κ2) is 5.67. The van der Waals surface area contributed by atoms with Crippen molar-refractivity contribution in [2.24, 2.45) is 7.05 Å². The second-order valence-electron chi connectivity index (χ2n) is 5.06. The van der Waals surface area contributed by atoms with Gasteiger partial charge >= 0.3 is 6.61 Å². The molecule has 0 radical (unpaired) electrons. The molecule has 2 heterocycles. The first-order valence-electron chi connectivity index (χ1n) is 6.79. The predicted octanol–water partition coefficient (Wildman–Crippen LogP) is 2.91. The van der Waals surface area contributed by atoms with E-state index in [9.17, 15) is 8.78 Å². The Hall–Kier alpha value is -2.18. The summed E-state index contributed by atoms with van der Waals surface area (Å²) in [5.74, 6) is 1.29. The number of rotatable bonds is 6. The zero-order chi connectivity index (χ0) is 14.8. The fourth-order valence-electron chi connectivity index (χ4n) is 2.26. The molecule has 0 unspecified atom stereocenters. The molecule has 2 aromatic heterocycles. The average Bonchev–Trinajstić information content (AvgIpc) is 3.22. The summed E-state index contributed by atoms with van der Waals surface area (Å²) in [5.41, 5.74) is 2.41. The highest BCUT2D eigenvalue weighted by atomic mass is 19.3. The highest BCUT2D eigenvalue weighted by Crippen LogP contribution is 2.41. The molecule has 1 aliphatic rings. The van der Waals surface area contributed by atoms with Crippen LogP contribution in [0.4, 0.5) is 14.6 Å². The van der Waals surface area contributed by atoms with E-state index < -0.39 is 6.61 Å². The number of halogens is 2. The largest absolute Gasteiger partial charge is 0.433 e. The van der Waals surface area contributed by atoms with Crippen LogP contribution in [0.3, 0.4) is 0 Å². The van der Waals surface area contributed by atoms with Crippen molar-refractivity contribution in [2.75, 3.05) is 5.32 Å².